The molecule has 0 N–H and O–H groups in total. The maximum Gasteiger partial charge on any atom is 0.0703 e. The summed E-state index contributed by atoms with van der Waals surface area (Å²) in [4.78, 5) is 10.2. The van der Waals surface area contributed by atoms with Crippen molar-refractivity contribution in [1.29, 1.82) is 0 Å². The molecule has 9 rings (SSSR count). The van der Waals surface area contributed by atoms with E-state index in [-0.39, 0.29) is 5.41 Å². The van der Waals surface area contributed by atoms with E-state index in [1.54, 1.807) is 0 Å². The van der Waals surface area contributed by atoms with Crippen LogP contribution in [0.5, 0.6) is 0 Å². The fourth-order valence-electron chi connectivity index (χ4n) is 6.81. The minimum absolute atomic E-state index is 0.0661. The largest absolute Gasteiger partial charge is 0.308 e. The van der Waals surface area contributed by atoms with E-state index >= 15 is 0 Å². The number of aromatic nitrogens is 2. The lowest BCUT2D eigenvalue weighted by atomic mass is 9.82. The van der Waals surface area contributed by atoms with Crippen molar-refractivity contribution in [3.8, 4) is 28.1 Å². The normalized spacial score (nSPS) is 14.4. The van der Waals surface area contributed by atoms with E-state index in [1.807, 2.05) is 35.8 Å². The molecular formula is C38H26N2S2. The van der Waals surface area contributed by atoms with Crippen molar-refractivity contribution in [3.63, 3.8) is 0 Å². The quantitative estimate of drug-likeness (QED) is 0.204. The molecule has 200 valence electrons. The van der Waals surface area contributed by atoms with Crippen molar-refractivity contribution in [3.05, 3.63) is 133 Å². The Kier molecular flexibility index (Phi) is 5.15. The summed E-state index contributed by atoms with van der Waals surface area (Å²) in [5.41, 5.74) is 11.1. The molecule has 2 nitrogen and oxygen atoms in total. The molecule has 1 aliphatic carbocycles. The van der Waals surface area contributed by atoms with Crippen LogP contribution >= 0.6 is 23.5 Å². The van der Waals surface area contributed by atoms with Crippen molar-refractivity contribution in [1.82, 2.24) is 9.55 Å². The summed E-state index contributed by atoms with van der Waals surface area (Å²) in [5, 5.41) is 2.57. The SMILES string of the molecule is CC1(C)c2ccccc2-c2cc3c4cc5c(cc4n(-c4ccc(-c6ccccc6)nc4)c3cc21)Sc1ccccc1S5. The molecule has 0 atom stereocenters. The first-order chi connectivity index (χ1) is 20.6. The van der Waals surface area contributed by atoms with E-state index in [2.05, 4.69) is 128 Å². The van der Waals surface area contributed by atoms with Gasteiger partial charge in [0.25, 0.3) is 0 Å². The summed E-state index contributed by atoms with van der Waals surface area (Å²) in [6, 6.07) is 42.1. The molecular weight excluding hydrogens is 549 g/mol. The van der Waals surface area contributed by atoms with Crippen LogP contribution in [0.15, 0.2) is 141 Å². The Morgan fingerprint density at radius 1 is 0.571 bits per heavy atom. The number of hydrogen-bond donors (Lipinski definition) is 0. The Balaban J connectivity index is 1.32. The van der Waals surface area contributed by atoms with Gasteiger partial charge in [-0.15, -0.1) is 0 Å². The highest BCUT2D eigenvalue weighted by Crippen LogP contribution is 2.53. The molecule has 4 heteroatoms. The van der Waals surface area contributed by atoms with Crippen molar-refractivity contribution in [2.75, 3.05) is 0 Å². The molecule has 42 heavy (non-hydrogen) atoms. The fourth-order valence-corrected chi connectivity index (χ4v) is 9.08. The van der Waals surface area contributed by atoms with Gasteiger partial charge in [0.15, 0.2) is 0 Å². The van der Waals surface area contributed by atoms with Gasteiger partial charge in [0, 0.05) is 41.3 Å². The summed E-state index contributed by atoms with van der Waals surface area (Å²) >= 11 is 3.76. The predicted octanol–water partition coefficient (Wildman–Crippen LogP) is 10.8. The van der Waals surface area contributed by atoms with Gasteiger partial charge in [-0.1, -0.05) is 104 Å². The summed E-state index contributed by atoms with van der Waals surface area (Å²) < 4.78 is 2.43. The average molecular weight is 575 g/mol. The summed E-state index contributed by atoms with van der Waals surface area (Å²) in [6.07, 6.45) is 2.03. The lowest BCUT2D eigenvalue weighted by Gasteiger charge is -2.21. The second-order valence-electron chi connectivity index (χ2n) is 11.7. The van der Waals surface area contributed by atoms with Crippen LogP contribution in [0.4, 0.5) is 0 Å². The Morgan fingerprint density at radius 2 is 1.24 bits per heavy atom. The zero-order valence-corrected chi connectivity index (χ0v) is 24.9. The fraction of sp³-hybridized carbons (Fsp3) is 0.0789. The van der Waals surface area contributed by atoms with Gasteiger partial charge in [0.1, 0.15) is 0 Å². The zero-order valence-electron chi connectivity index (χ0n) is 23.3. The molecule has 0 spiro atoms. The number of fused-ring (bicyclic) bond motifs is 8. The van der Waals surface area contributed by atoms with Gasteiger partial charge < -0.3 is 4.57 Å². The lowest BCUT2D eigenvalue weighted by molar-refractivity contribution is 0.661. The first-order valence-corrected chi connectivity index (χ1v) is 15.9. The topological polar surface area (TPSA) is 17.8 Å². The average Bonchev–Trinajstić information content (AvgIpc) is 3.46. The van der Waals surface area contributed by atoms with Gasteiger partial charge >= 0.3 is 0 Å². The van der Waals surface area contributed by atoms with Crippen LogP contribution in [-0.2, 0) is 5.41 Å². The predicted molar refractivity (Wildman–Crippen MR) is 176 cm³/mol. The Labute approximate surface area is 253 Å². The van der Waals surface area contributed by atoms with Crippen LogP contribution in [0, 0.1) is 0 Å². The highest BCUT2D eigenvalue weighted by atomic mass is 32.2. The number of benzene rings is 5. The minimum Gasteiger partial charge on any atom is -0.308 e. The maximum absolute atomic E-state index is 4.94. The number of nitrogens with zero attached hydrogens (tertiary/aromatic N) is 2. The molecule has 0 fully saturated rings. The van der Waals surface area contributed by atoms with E-state index < -0.39 is 0 Å². The van der Waals surface area contributed by atoms with E-state index in [9.17, 15) is 0 Å². The molecule has 0 saturated carbocycles. The maximum atomic E-state index is 4.94. The number of pyridine rings is 1. The Bertz CT molecular complexity index is 2210. The van der Waals surface area contributed by atoms with Crippen molar-refractivity contribution in [2.45, 2.75) is 38.8 Å². The second-order valence-corrected chi connectivity index (χ2v) is 13.8. The molecule has 1 aliphatic heterocycles. The Hall–Kier alpha value is -4.25. The third-order valence-corrected chi connectivity index (χ3v) is 11.4. The highest BCUT2D eigenvalue weighted by molar-refractivity contribution is 8.05. The van der Waals surface area contributed by atoms with Gasteiger partial charge in [-0.2, -0.15) is 0 Å². The molecule has 0 radical (unpaired) electrons. The van der Waals surface area contributed by atoms with E-state index in [4.69, 9.17) is 4.98 Å². The van der Waals surface area contributed by atoms with Gasteiger partial charge in [-0.05, 0) is 70.8 Å². The zero-order chi connectivity index (χ0) is 28.0. The third kappa shape index (κ3) is 3.46. The molecule has 2 aliphatic rings. The van der Waals surface area contributed by atoms with E-state index in [0.29, 0.717) is 0 Å². The second kappa shape index (κ2) is 8.87. The molecule has 0 unspecified atom stereocenters. The summed E-state index contributed by atoms with van der Waals surface area (Å²) in [6.45, 7) is 4.71. The molecule has 3 heterocycles. The third-order valence-electron chi connectivity index (χ3n) is 8.90. The summed E-state index contributed by atoms with van der Waals surface area (Å²) in [5.74, 6) is 0. The van der Waals surface area contributed by atoms with Crippen molar-refractivity contribution < 1.29 is 0 Å². The minimum atomic E-state index is -0.0661. The van der Waals surface area contributed by atoms with Crippen LogP contribution in [0.1, 0.15) is 25.0 Å². The van der Waals surface area contributed by atoms with E-state index in [0.717, 1.165) is 16.9 Å². The molecule has 0 bridgehead atoms. The monoisotopic (exact) mass is 574 g/mol. The van der Waals surface area contributed by atoms with Gasteiger partial charge in [0.05, 0.1) is 28.6 Å². The Morgan fingerprint density at radius 3 is 2.00 bits per heavy atom. The van der Waals surface area contributed by atoms with Gasteiger partial charge in [-0.25, -0.2) is 0 Å². The molecule has 7 aromatic rings. The van der Waals surface area contributed by atoms with Crippen LogP contribution in [0.25, 0.3) is 49.9 Å². The molecule has 2 aromatic heterocycles. The van der Waals surface area contributed by atoms with Crippen molar-refractivity contribution in [2.24, 2.45) is 0 Å². The summed E-state index contributed by atoms with van der Waals surface area (Å²) in [7, 11) is 0. The lowest BCUT2D eigenvalue weighted by Crippen LogP contribution is -2.14. The smallest absolute Gasteiger partial charge is 0.0703 e. The highest BCUT2D eigenvalue weighted by Gasteiger charge is 2.36. The van der Waals surface area contributed by atoms with Crippen LogP contribution in [0.2, 0.25) is 0 Å². The molecule has 0 saturated heterocycles. The number of hydrogen-bond acceptors (Lipinski definition) is 3. The van der Waals surface area contributed by atoms with Crippen LogP contribution in [0.3, 0.4) is 0 Å². The van der Waals surface area contributed by atoms with Crippen LogP contribution in [-0.4, -0.2) is 9.55 Å². The molecule has 0 amide bonds. The number of rotatable bonds is 2. The van der Waals surface area contributed by atoms with Crippen molar-refractivity contribution >= 4 is 45.3 Å². The van der Waals surface area contributed by atoms with Gasteiger partial charge in [0.2, 0.25) is 0 Å². The first kappa shape index (κ1) is 24.4. The van der Waals surface area contributed by atoms with E-state index in [1.165, 1.54) is 63.6 Å². The first-order valence-electron chi connectivity index (χ1n) is 14.3. The van der Waals surface area contributed by atoms with Crippen LogP contribution < -0.4 is 0 Å². The van der Waals surface area contributed by atoms with Gasteiger partial charge in [-0.3, -0.25) is 4.98 Å². The standard InChI is InChI=1S/C38H26N2S2/c1-38(2)29-13-7-6-12-25(29)26-18-27-28-19-36-37(42-35-15-9-8-14-34(35)41-36)21-33(28)40(32(27)20-30(26)38)24-16-17-31(39-22-24)23-10-4-3-5-11-23/h3-22H,1-2H3. The molecule has 5 aromatic carbocycles.